The van der Waals surface area contributed by atoms with E-state index in [0.717, 1.165) is 12.8 Å². The summed E-state index contributed by atoms with van der Waals surface area (Å²) in [5, 5.41) is 2.30. The van der Waals surface area contributed by atoms with Crippen LogP contribution in [0.3, 0.4) is 0 Å². The van der Waals surface area contributed by atoms with Crippen molar-refractivity contribution in [1.82, 2.24) is 5.32 Å². The molecule has 0 aromatic heterocycles. The summed E-state index contributed by atoms with van der Waals surface area (Å²) in [6.07, 6.45) is 9.41. The number of hydrogen-bond acceptors (Lipinski definition) is 2. The van der Waals surface area contributed by atoms with Crippen LogP contribution in [-0.2, 0) is 9.59 Å². The van der Waals surface area contributed by atoms with E-state index >= 15 is 0 Å². The molecule has 3 heteroatoms. The Morgan fingerprint density at radius 3 is 2.57 bits per heavy atom. The third kappa shape index (κ3) is 2.35. The Hall–Kier alpha value is -1.30. The highest BCUT2D eigenvalue weighted by atomic mass is 16.2. The Morgan fingerprint density at radius 2 is 2.21 bits per heavy atom. The Bertz CT molecular complexity index is 274. The summed E-state index contributed by atoms with van der Waals surface area (Å²) >= 11 is 0. The number of carbonyl (C=O) groups excluding carboxylic acids is 2. The maximum absolute atomic E-state index is 11.4. The van der Waals surface area contributed by atoms with Crippen molar-refractivity contribution in [2.45, 2.75) is 25.7 Å². The van der Waals surface area contributed by atoms with Crippen LogP contribution in [0, 0.1) is 24.2 Å². The first-order valence-corrected chi connectivity index (χ1v) is 4.91. The van der Waals surface area contributed by atoms with Crippen LogP contribution in [0.5, 0.6) is 0 Å². The second-order valence-electron chi connectivity index (χ2n) is 3.70. The minimum atomic E-state index is -0.577. The summed E-state index contributed by atoms with van der Waals surface area (Å²) in [5.41, 5.74) is 0. The molecule has 0 saturated heterocycles. The Kier molecular flexibility index (Phi) is 3.70. The first-order chi connectivity index (χ1) is 6.69. The maximum atomic E-state index is 11.4. The van der Waals surface area contributed by atoms with Crippen molar-refractivity contribution in [3.8, 4) is 12.3 Å². The van der Waals surface area contributed by atoms with Crippen LogP contribution in [0.1, 0.15) is 25.7 Å². The molecule has 1 fully saturated rings. The van der Waals surface area contributed by atoms with Gasteiger partial charge in [-0.2, -0.15) is 0 Å². The van der Waals surface area contributed by atoms with E-state index < -0.39 is 17.6 Å². The third-order valence-electron chi connectivity index (χ3n) is 2.76. The smallest absolute Gasteiger partial charge is 0.288 e. The Labute approximate surface area is 84.3 Å². The molecule has 0 aromatic carbocycles. The van der Waals surface area contributed by atoms with Gasteiger partial charge in [-0.15, -0.1) is 6.42 Å². The van der Waals surface area contributed by atoms with Crippen molar-refractivity contribution >= 4 is 11.7 Å². The predicted molar refractivity (Wildman–Crippen MR) is 53.4 cm³/mol. The average Bonchev–Trinajstić information content (AvgIpc) is 2.14. The zero-order valence-corrected chi connectivity index (χ0v) is 8.38. The number of rotatable bonds is 4. The largest absolute Gasteiger partial charge is 0.353 e. The monoisotopic (exact) mass is 193 g/mol. The maximum Gasteiger partial charge on any atom is 0.288 e. The molecule has 3 nitrogen and oxygen atoms in total. The average molecular weight is 193 g/mol. The van der Waals surface area contributed by atoms with E-state index in [2.05, 4.69) is 11.2 Å². The van der Waals surface area contributed by atoms with Gasteiger partial charge in [-0.25, -0.2) is 0 Å². The van der Waals surface area contributed by atoms with Crippen LogP contribution >= 0.6 is 0 Å². The van der Waals surface area contributed by atoms with Gasteiger partial charge >= 0.3 is 0 Å². The van der Waals surface area contributed by atoms with Gasteiger partial charge in [0.25, 0.3) is 5.91 Å². The SMILES string of the molecule is C#CC(CC1CCC1)C(=O)C(=O)NC. The van der Waals surface area contributed by atoms with E-state index in [4.69, 9.17) is 6.42 Å². The standard InChI is InChI=1S/C11H15NO2/c1-3-9(7-8-5-4-6-8)10(13)11(14)12-2/h1,8-9H,4-7H2,2H3,(H,12,14). The molecule has 1 aliphatic carbocycles. The summed E-state index contributed by atoms with van der Waals surface area (Å²) in [6, 6.07) is 0. The van der Waals surface area contributed by atoms with E-state index in [1.54, 1.807) is 0 Å². The number of Topliss-reactive ketones (excluding diaryl/α,β-unsaturated/α-hetero) is 1. The molecule has 0 aliphatic heterocycles. The lowest BCUT2D eigenvalue weighted by atomic mass is 9.78. The van der Waals surface area contributed by atoms with Crippen LogP contribution in [0.2, 0.25) is 0 Å². The van der Waals surface area contributed by atoms with Gasteiger partial charge in [0.05, 0.1) is 5.92 Å². The van der Waals surface area contributed by atoms with E-state index in [1.807, 2.05) is 0 Å². The van der Waals surface area contributed by atoms with Gasteiger partial charge in [0.2, 0.25) is 5.78 Å². The lowest BCUT2D eigenvalue weighted by molar-refractivity contribution is -0.139. The van der Waals surface area contributed by atoms with Gasteiger partial charge < -0.3 is 5.32 Å². The predicted octanol–water partition coefficient (Wildman–Crippen LogP) is 0.741. The molecule has 1 aliphatic rings. The summed E-state index contributed by atoms with van der Waals surface area (Å²) in [4.78, 5) is 22.5. The highest BCUT2D eigenvalue weighted by Crippen LogP contribution is 2.32. The molecule has 1 rings (SSSR count). The first-order valence-electron chi connectivity index (χ1n) is 4.91. The van der Waals surface area contributed by atoms with E-state index in [-0.39, 0.29) is 0 Å². The van der Waals surface area contributed by atoms with Crippen LogP contribution in [0.25, 0.3) is 0 Å². The molecular weight excluding hydrogens is 178 g/mol. The fourth-order valence-corrected chi connectivity index (χ4v) is 1.59. The van der Waals surface area contributed by atoms with Gasteiger partial charge in [0.15, 0.2) is 0 Å². The van der Waals surface area contributed by atoms with E-state index in [9.17, 15) is 9.59 Å². The van der Waals surface area contributed by atoms with Gasteiger partial charge in [-0.3, -0.25) is 9.59 Å². The molecular formula is C11H15NO2. The third-order valence-corrected chi connectivity index (χ3v) is 2.76. The molecule has 0 bridgehead atoms. The molecule has 1 amide bonds. The molecule has 1 N–H and O–H groups in total. The molecule has 1 unspecified atom stereocenters. The number of likely N-dealkylation sites (N-methyl/N-ethyl adjacent to an activating group) is 1. The zero-order valence-electron chi connectivity index (χ0n) is 8.38. The highest BCUT2D eigenvalue weighted by molar-refractivity contribution is 6.37. The van der Waals surface area contributed by atoms with Crippen LogP contribution < -0.4 is 5.32 Å². The minimum Gasteiger partial charge on any atom is -0.353 e. The number of terminal acetylenes is 1. The molecule has 1 atom stereocenters. The molecule has 14 heavy (non-hydrogen) atoms. The van der Waals surface area contributed by atoms with Gasteiger partial charge in [-0.1, -0.05) is 25.2 Å². The van der Waals surface area contributed by atoms with Crippen molar-refractivity contribution < 1.29 is 9.59 Å². The number of nitrogens with one attached hydrogen (secondary N) is 1. The van der Waals surface area contributed by atoms with Crippen LogP contribution in [0.15, 0.2) is 0 Å². The van der Waals surface area contributed by atoms with E-state index in [1.165, 1.54) is 13.5 Å². The fraction of sp³-hybridized carbons (Fsp3) is 0.636. The quantitative estimate of drug-likeness (QED) is 0.529. The zero-order chi connectivity index (χ0) is 10.6. The second kappa shape index (κ2) is 4.80. The van der Waals surface area contributed by atoms with Crippen LogP contribution in [-0.4, -0.2) is 18.7 Å². The summed E-state index contributed by atoms with van der Waals surface area (Å²) in [5.74, 6) is 1.38. The molecule has 76 valence electrons. The summed E-state index contributed by atoms with van der Waals surface area (Å²) < 4.78 is 0. The lowest BCUT2D eigenvalue weighted by Crippen LogP contribution is -2.34. The van der Waals surface area contributed by atoms with Crippen molar-refractivity contribution in [2.24, 2.45) is 11.8 Å². The molecule has 0 radical (unpaired) electrons. The minimum absolute atomic E-state index is 0.470. The fourth-order valence-electron chi connectivity index (χ4n) is 1.59. The van der Waals surface area contributed by atoms with Gasteiger partial charge in [-0.05, 0) is 12.3 Å². The topological polar surface area (TPSA) is 46.2 Å². The molecule has 0 spiro atoms. The normalized spacial score (nSPS) is 17.7. The lowest BCUT2D eigenvalue weighted by Gasteiger charge is -2.26. The summed E-state index contributed by atoms with van der Waals surface area (Å²) in [6.45, 7) is 0. The molecule has 1 saturated carbocycles. The van der Waals surface area contributed by atoms with Gasteiger partial charge in [0.1, 0.15) is 0 Å². The summed E-state index contributed by atoms with van der Waals surface area (Å²) in [7, 11) is 1.44. The Balaban J connectivity index is 2.48. The molecule has 0 heterocycles. The van der Waals surface area contributed by atoms with Crippen molar-refractivity contribution in [3.63, 3.8) is 0 Å². The second-order valence-corrected chi connectivity index (χ2v) is 3.70. The Morgan fingerprint density at radius 1 is 1.57 bits per heavy atom. The van der Waals surface area contributed by atoms with Crippen molar-refractivity contribution in [2.75, 3.05) is 7.05 Å². The van der Waals surface area contributed by atoms with E-state index in [0.29, 0.717) is 12.3 Å². The van der Waals surface area contributed by atoms with Crippen molar-refractivity contribution in [1.29, 1.82) is 0 Å². The number of carbonyl (C=O) groups is 2. The first kappa shape index (κ1) is 10.8. The number of hydrogen-bond donors (Lipinski definition) is 1. The van der Waals surface area contributed by atoms with Crippen molar-refractivity contribution in [3.05, 3.63) is 0 Å². The number of ketones is 1. The number of amides is 1. The highest BCUT2D eigenvalue weighted by Gasteiger charge is 2.28. The van der Waals surface area contributed by atoms with Crippen LogP contribution in [0.4, 0.5) is 0 Å². The molecule has 0 aromatic rings. The van der Waals surface area contributed by atoms with Gasteiger partial charge in [0, 0.05) is 7.05 Å².